The Morgan fingerprint density at radius 2 is 2.24 bits per heavy atom. The van der Waals surface area contributed by atoms with Crippen molar-refractivity contribution in [2.45, 2.75) is 25.9 Å². The van der Waals surface area contributed by atoms with Crippen molar-refractivity contribution >= 4 is 17.2 Å². The minimum absolute atomic E-state index is 0.0255. The monoisotopic (exact) mass is 234 g/mol. The average Bonchev–Trinajstić information content (AvgIpc) is 2.58. The van der Waals surface area contributed by atoms with Crippen molar-refractivity contribution in [2.75, 3.05) is 23.7 Å². The molecule has 0 radical (unpaired) electrons. The lowest BCUT2D eigenvalue weighted by molar-refractivity contribution is 0.0839. The van der Waals surface area contributed by atoms with Crippen molar-refractivity contribution in [3.63, 3.8) is 0 Å². The molecular weight excluding hydrogens is 216 g/mol. The number of nitrogens with two attached hydrogens (primary N) is 1. The lowest BCUT2D eigenvalue weighted by Crippen LogP contribution is -2.29. The molecular formula is C13H18N2O2. The first-order chi connectivity index (χ1) is 7.89. The molecule has 0 aromatic heterocycles. The van der Waals surface area contributed by atoms with Gasteiger partial charge in [-0.2, -0.15) is 0 Å². The molecule has 1 aromatic rings. The Bertz CT molecular complexity index is 455. The molecule has 1 fully saturated rings. The number of hydrogen-bond donors (Lipinski definition) is 2. The molecule has 4 nitrogen and oxygen atoms in total. The largest absolute Gasteiger partial charge is 0.398 e. The molecule has 1 aliphatic rings. The summed E-state index contributed by atoms with van der Waals surface area (Å²) in [5.41, 5.74) is 7.24. The predicted molar refractivity (Wildman–Crippen MR) is 68.3 cm³/mol. The number of rotatable bonds is 2. The average molecular weight is 234 g/mol. The van der Waals surface area contributed by atoms with Crippen LogP contribution in [-0.4, -0.2) is 29.6 Å². The highest BCUT2D eigenvalue weighted by Crippen LogP contribution is 2.28. The van der Waals surface area contributed by atoms with E-state index < -0.39 is 5.60 Å². The summed E-state index contributed by atoms with van der Waals surface area (Å²) >= 11 is 0. The maximum absolute atomic E-state index is 11.3. The minimum Gasteiger partial charge on any atom is -0.398 e. The van der Waals surface area contributed by atoms with E-state index in [9.17, 15) is 9.90 Å². The molecule has 1 aromatic carbocycles. The van der Waals surface area contributed by atoms with Crippen LogP contribution in [0.4, 0.5) is 11.4 Å². The number of β-amino-alcohol motifs (C(OH)–C–C–N with tert-alkyl or cyclic N) is 1. The van der Waals surface area contributed by atoms with Gasteiger partial charge in [-0.25, -0.2) is 0 Å². The van der Waals surface area contributed by atoms with E-state index in [1.807, 2.05) is 13.0 Å². The number of hydrogen-bond acceptors (Lipinski definition) is 4. The number of nitrogen functional groups attached to an aromatic ring is 1. The van der Waals surface area contributed by atoms with Crippen LogP contribution in [0, 0.1) is 0 Å². The van der Waals surface area contributed by atoms with Crippen LogP contribution in [0.2, 0.25) is 0 Å². The maximum Gasteiger partial charge on any atom is 0.161 e. The quantitative estimate of drug-likeness (QED) is 0.600. The molecule has 3 N–H and O–H groups in total. The number of carbonyl (C=O) groups excluding carboxylic acids is 1. The van der Waals surface area contributed by atoms with E-state index in [1.165, 1.54) is 6.92 Å². The predicted octanol–water partition coefficient (Wildman–Crippen LogP) is 1.43. The first kappa shape index (κ1) is 11.9. The molecule has 1 atom stereocenters. The van der Waals surface area contributed by atoms with Crippen molar-refractivity contribution in [3.8, 4) is 0 Å². The molecule has 2 rings (SSSR count). The number of aliphatic hydroxyl groups is 1. The number of carbonyl (C=O) groups is 1. The first-order valence-electron chi connectivity index (χ1n) is 5.77. The fourth-order valence-corrected chi connectivity index (χ4v) is 2.23. The molecule has 1 unspecified atom stereocenters. The Kier molecular flexibility index (Phi) is 2.83. The zero-order chi connectivity index (χ0) is 12.6. The SMILES string of the molecule is CC(=O)c1ccc(N2CCC(C)(O)C2)cc1N. The third kappa shape index (κ3) is 2.42. The smallest absolute Gasteiger partial charge is 0.161 e. The van der Waals surface area contributed by atoms with Gasteiger partial charge in [0.25, 0.3) is 0 Å². The van der Waals surface area contributed by atoms with E-state index in [-0.39, 0.29) is 5.78 Å². The van der Waals surface area contributed by atoms with Crippen LogP contribution in [0.5, 0.6) is 0 Å². The van der Waals surface area contributed by atoms with E-state index >= 15 is 0 Å². The minimum atomic E-state index is -0.631. The summed E-state index contributed by atoms with van der Waals surface area (Å²) in [6.45, 7) is 4.75. The van der Waals surface area contributed by atoms with Crippen LogP contribution >= 0.6 is 0 Å². The third-order valence-corrected chi connectivity index (χ3v) is 3.23. The molecule has 17 heavy (non-hydrogen) atoms. The van der Waals surface area contributed by atoms with Crippen molar-refractivity contribution in [1.82, 2.24) is 0 Å². The second-order valence-corrected chi connectivity index (χ2v) is 5.00. The first-order valence-corrected chi connectivity index (χ1v) is 5.77. The van der Waals surface area contributed by atoms with Crippen molar-refractivity contribution < 1.29 is 9.90 Å². The van der Waals surface area contributed by atoms with E-state index in [2.05, 4.69) is 4.90 Å². The Balaban J connectivity index is 2.24. The fraction of sp³-hybridized carbons (Fsp3) is 0.462. The van der Waals surface area contributed by atoms with E-state index in [0.717, 1.165) is 18.7 Å². The Morgan fingerprint density at radius 1 is 1.53 bits per heavy atom. The number of ketones is 1. The summed E-state index contributed by atoms with van der Waals surface area (Å²) in [5, 5.41) is 9.91. The van der Waals surface area contributed by atoms with Gasteiger partial charge in [0.2, 0.25) is 0 Å². The van der Waals surface area contributed by atoms with Gasteiger partial charge in [-0.3, -0.25) is 4.79 Å². The zero-order valence-corrected chi connectivity index (χ0v) is 10.2. The van der Waals surface area contributed by atoms with Crippen LogP contribution < -0.4 is 10.6 Å². The number of Topliss-reactive ketones (excluding diaryl/α,β-unsaturated/α-hetero) is 1. The molecule has 0 bridgehead atoms. The van der Waals surface area contributed by atoms with E-state index in [4.69, 9.17) is 5.73 Å². The molecule has 0 saturated carbocycles. The second kappa shape index (κ2) is 4.04. The summed E-state index contributed by atoms with van der Waals surface area (Å²) in [5.74, 6) is -0.0255. The summed E-state index contributed by atoms with van der Waals surface area (Å²) in [7, 11) is 0. The third-order valence-electron chi connectivity index (χ3n) is 3.23. The Labute approximate surface area is 101 Å². The maximum atomic E-state index is 11.3. The van der Waals surface area contributed by atoms with Gasteiger partial charge in [-0.05, 0) is 38.5 Å². The molecule has 1 heterocycles. The number of anilines is 2. The highest BCUT2D eigenvalue weighted by Gasteiger charge is 2.31. The molecule has 92 valence electrons. The van der Waals surface area contributed by atoms with Crippen LogP contribution in [-0.2, 0) is 0 Å². The molecule has 1 saturated heterocycles. The van der Waals surface area contributed by atoms with Gasteiger partial charge in [0.05, 0.1) is 5.60 Å². The van der Waals surface area contributed by atoms with Crippen LogP contribution in [0.25, 0.3) is 0 Å². The summed E-state index contributed by atoms with van der Waals surface area (Å²) in [6, 6.07) is 5.44. The van der Waals surface area contributed by atoms with Gasteiger partial charge in [-0.1, -0.05) is 0 Å². The summed E-state index contributed by atoms with van der Waals surface area (Å²) in [6.07, 6.45) is 0.751. The topological polar surface area (TPSA) is 66.6 Å². The Morgan fingerprint density at radius 3 is 2.71 bits per heavy atom. The van der Waals surface area contributed by atoms with Crippen LogP contribution in [0.15, 0.2) is 18.2 Å². The lowest BCUT2D eigenvalue weighted by atomic mass is 10.1. The molecule has 4 heteroatoms. The van der Waals surface area contributed by atoms with Crippen molar-refractivity contribution in [3.05, 3.63) is 23.8 Å². The second-order valence-electron chi connectivity index (χ2n) is 5.00. The van der Waals surface area contributed by atoms with Crippen molar-refractivity contribution in [2.24, 2.45) is 0 Å². The Hall–Kier alpha value is -1.55. The standard InChI is InChI=1S/C13H18N2O2/c1-9(16)11-4-3-10(7-12(11)14)15-6-5-13(2,17)8-15/h3-4,7,17H,5-6,8,14H2,1-2H3. The molecule has 1 aliphatic heterocycles. The highest BCUT2D eigenvalue weighted by molar-refractivity contribution is 5.99. The van der Waals surface area contributed by atoms with Gasteiger partial charge < -0.3 is 15.7 Å². The van der Waals surface area contributed by atoms with Gasteiger partial charge in [-0.15, -0.1) is 0 Å². The number of benzene rings is 1. The van der Waals surface area contributed by atoms with E-state index in [0.29, 0.717) is 17.8 Å². The fourth-order valence-electron chi connectivity index (χ4n) is 2.23. The molecule has 0 spiro atoms. The van der Waals surface area contributed by atoms with Gasteiger partial charge in [0, 0.05) is 30.0 Å². The van der Waals surface area contributed by atoms with Gasteiger partial charge >= 0.3 is 0 Å². The highest BCUT2D eigenvalue weighted by atomic mass is 16.3. The van der Waals surface area contributed by atoms with Gasteiger partial charge in [0.15, 0.2) is 5.78 Å². The van der Waals surface area contributed by atoms with E-state index in [1.54, 1.807) is 12.1 Å². The molecule has 0 aliphatic carbocycles. The van der Waals surface area contributed by atoms with Crippen LogP contribution in [0.1, 0.15) is 30.6 Å². The summed E-state index contributed by atoms with van der Waals surface area (Å²) in [4.78, 5) is 13.4. The summed E-state index contributed by atoms with van der Waals surface area (Å²) < 4.78 is 0. The number of nitrogens with zero attached hydrogens (tertiary/aromatic N) is 1. The van der Waals surface area contributed by atoms with Crippen molar-refractivity contribution in [1.29, 1.82) is 0 Å². The molecule has 0 amide bonds. The van der Waals surface area contributed by atoms with Gasteiger partial charge in [0.1, 0.15) is 0 Å². The normalized spacial score (nSPS) is 24.1. The zero-order valence-electron chi connectivity index (χ0n) is 10.2. The van der Waals surface area contributed by atoms with Crippen LogP contribution in [0.3, 0.4) is 0 Å². The lowest BCUT2D eigenvalue weighted by Gasteiger charge is -2.21.